The number of hydrogen-bond donors (Lipinski definition) is 3. The molecule has 6 nitrogen and oxygen atoms in total. The van der Waals surface area contributed by atoms with Crippen molar-refractivity contribution in [1.29, 1.82) is 0 Å². The van der Waals surface area contributed by atoms with Gasteiger partial charge in [0.2, 0.25) is 0 Å². The Morgan fingerprint density at radius 2 is 2.22 bits per heavy atom. The van der Waals surface area contributed by atoms with Crippen molar-refractivity contribution in [3.8, 4) is 0 Å². The topological polar surface area (TPSA) is 101 Å². The number of halogens is 1. The molecule has 2 heterocycles. The van der Waals surface area contributed by atoms with Crippen LogP contribution in [0.2, 0.25) is 0 Å². The number of nitrogens with zero attached hydrogens (tertiary/aromatic N) is 1. The molecule has 0 radical (unpaired) electrons. The molecule has 0 aliphatic rings. The quantitative estimate of drug-likeness (QED) is 0.789. The maximum Gasteiger partial charge on any atom is 0.264 e. The van der Waals surface area contributed by atoms with Gasteiger partial charge in [0.1, 0.15) is 10.7 Å². The predicted molar refractivity (Wildman–Crippen MR) is 71.4 cm³/mol. The van der Waals surface area contributed by atoms with Crippen molar-refractivity contribution in [2.75, 3.05) is 4.72 Å². The summed E-state index contributed by atoms with van der Waals surface area (Å²) in [6, 6.07) is 4.76. The number of pyridine rings is 1. The molecule has 96 valence electrons. The fraction of sp³-hybridized carbons (Fsp3) is 0.100. The van der Waals surface area contributed by atoms with Crippen molar-refractivity contribution in [2.45, 2.75) is 11.4 Å². The van der Waals surface area contributed by atoms with E-state index in [1.807, 2.05) is 0 Å². The van der Waals surface area contributed by atoms with E-state index in [4.69, 9.17) is 5.73 Å². The smallest absolute Gasteiger partial charge is 0.264 e. The van der Waals surface area contributed by atoms with Crippen molar-refractivity contribution in [3.63, 3.8) is 0 Å². The Labute approximate surface area is 113 Å². The fourth-order valence-corrected chi connectivity index (χ4v) is 2.58. The van der Waals surface area contributed by atoms with Gasteiger partial charge >= 0.3 is 0 Å². The molecule has 0 atom stereocenters. The van der Waals surface area contributed by atoms with Crippen LogP contribution in [0, 0.1) is 0 Å². The Hall–Kier alpha value is -1.38. The highest BCUT2D eigenvalue weighted by Gasteiger charge is 2.16. The summed E-state index contributed by atoms with van der Waals surface area (Å²) < 4.78 is 27.1. The van der Waals surface area contributed by atoms with Gasteiger partial charge in [0.15, 0.2) is 0 Å². The second-order valence-corrected chi connectivity index (χ2v) is 6.13. The third kappa shape index (κ3) is 2.89. The highest BCUT2D eigenvalue weighted by molar-refractivity contribution is 9.10. The first-order valence-electron chi connectivity index (χ1n) is 5.03. The Kier molecular flexibility index (Phi) is 3.69. The van der Waals surface area contributed by atoms with Crippen molar-refractivity contribution in [1.82, 2.24) is 9.97 Å². The van der Waals surface area contributed by atoms with Crippen molar-refractivity contribution >= 4 is 31.8 Å². The lowest BCUT2D eigenvalue weighted by Crippen LogP contribution is -2.13. The van der Waals surface area contributed by atoms with E-state index in [1.165, 1.54) is 18.5 Å². The third-order valence-electron chi connectivity index (χ3n) is 2.21. The van der Waals surface area contributed by atoms with Crippen LogP contribution in [-0.2, 0) is 16.6 Å². The van der Waals surface area contributed by atoms with Gasteiger partial charge < -0.3 is 10.7 Å². The highest BCUT2D eigenvalue weighted by Crippen LogP contribution is 2.16. The Bertz CT molecular complexity index is 636. The van der Waals surface area contributed by atoms with Gasteiger partial charge in [-0.2, -0.15) is 0 Å². The normalized spacial score (nSPS) is 11.4. The average Bonchev–Trinajstić information content (AvgIpc) is 2.81. The second kappa shape index (κ2) is 5.09. The molecular formula is C10H11BrN4O2S. The van der Waals surface area contributed by atoms with Crippen molar-refractivity contribution in [3.05, 3.63) is 40.8 Å². The number of H-pyrrole nitrogens is 1. The van der Waals surface area contributed by atoms with E-state index in [0.717, 1.165) is 4.47 Å². The number of anilines is 1. The van der Waals surface area contributed by atoms with Crippen LogP contribution in [0.15, 0.2) is 40.0 Å². The molecule has 0 spiro atoms. The van der Waals surface area contributed by atoms with Gasteiger partial charge in [0.05, 0.1) is 0 Å². The van der Waals surface area contributed by atoms with Gasteiger partial charge in [-0.3, -0.25) is 4.72 Å². The second-order valence-electron chi connectivity index (χ2n) is 3.53. The molecular weight excluding hydrogens is 320 g/mol. The lowest BCUT2D eigenvalue weighted by molar-refractivity contribution is 0.601. The van der Waals surface area contributed by atoms with Crippen LogP contribution in [0.3, 0.4) is 0 Å². The number of nitrogens with one attached hydrogen (secondary N) is 2. The molecule has 0 saturated heterocycles. The lowest BCUT2D eigenvalue weighted by atomic mass is 10.4. The standard InChI is InChI=1S/C10H11BrN4O2S/c11-7-1-2-10(14-5-7)15-18(16,17)9-3-8(4-12)13-6-9/h1-3,5-6,13H,4,12H2,(H,14,15). The van der Waals surface area contributed by atoms with E-state index in [0.29, 0.717) is 5.69 Å². The summed E-state index contributed by atoms with van der Waals surface area (Å²) in [5, 5.41) is 0. The summed E-state index contributed by atoms with van der Waals surface area (Å²) in [6.45, 7) is 0.256. The minimum absolute atomic E-state index is 0.132. The van der Waals surface area contributed by atoms with E-state index < -0.39 is 10.0 Å². The highest BCUT2D eigenvalue weighted by atomic mass is 79.9. The van der Waals surface area contributed by atoms with Gasteiger partial charge in [-0.05, 0) is 34.1 Å². The zero-order chi connectivity index (χ0) is 13.2. The first kappa shape index (κ1) is 13.1. The maximum absolute atomic E-state index is 12.0. The molecule has 4 N–H and O–H groups in total. The molecule has 2 aromatic heterocycles. The van der Waals surface area contributed by atoms with Crippen molar-refractivity contribution < 1.29 is 8.42 Å². The first-order valence-corrected chi connectivity index (χ1v) is 7.30. The molecule has 2 aromatic rings. The Morgan fingerprint density at radius 3 is 2.78 bits per heavy atom. The van der Waals surface area contributed by atoms with E-state index in [-0.39, 0.29) is 17.3 Å². The van der Waals surface area contributed by atoms with Crippen LogP contribution in [0.5, 0.6) is 0 Å². The van der Waals surface area contributed by atoms with Crippen LogP contribution in [-0.4, -0.2) is 18.4 Å². The van der Waals surface area contributed by atoms with Gasteiger partial charge in [0.25, 0.3) is 10.0 Å². The molecule has 2 rings (SSSR count). The lowest BCUT2D eigenvalue weighted by Gasteiger charge is -2.04. The third-order valence-corrected chi connectivity index (χ3v) is 4.02. The van der Waals surface area contributed by atoms with E-state index >= 15 is 0 Å². The number of nitrogens with two attached hydrogens (primary N) is 1. The molecule has 0 aromatic carbocycles. The molecule has 8 heteroatoms. The van der Waals surface area contributed by atoms with Gasteiger partial charge in [0, 0.05) is 29.1 Å². The van der Waals surface area contributed by atoms with Crippen LogP contribution in [0.4, 0.5) is 5.82 Å². The number of hydrogen-bond acceptors (Lipinski definition) is 4. The zero-order valence-electron chi connectivity index (χ0n) is 9.22. The molecule has 18 heavy (non-hydrogen) atoms. The van der Waals surface area contributed by atoms with E-state index in [1.54, 1.807) is 12.1 Å². The van der Waals surface area contributed by atoms with E-state index in [2.05, 4.69) is 30.6 Å². The summed E-state index contributed by atoms with van der Waals surface area (Å²) in [5.41, 5.74) is 6.06. The van der Waals surface area contributed by atoms with Gasteiger partial charge in [-0.25, -0.2) is 13.4 Å². The summed E-state index contributed by atoms with van der Waals surface area (Å²) >= 11 is 3.22. The van der Waals surface area contributed by atoms with Gasteiger partial charge in [-0.1, -0.05) is 0 Å². The minimum Gasteiger partial charge on any atom is -0.363 e. The van der Waals surface area contributed by atoms with Gasteiger partial charge in [-0.15, -0.1) is 0 Å². The number of aromatic nitrogens is 2. The predicted octanol–water partition coefficient (Wildman–Crippen LogP) is 1.43. The van der Waals surface area contributed by atoms with Crippen LogP contribution < -0.4 is 10.5 Å². The van der Waals surface area contributed by atoms with Crippen LogP contribution in [0.1, 0.15) is 5.69 Å². The summed E-state index contributed by atoms with van der Waals surface area (Å²) in [4.78, 5) is 6.86. The molecule has 0 amide bonds. The minimum atomic E-state index is -3.63. The maximum atomic E-state index is 12.0. The summed E-state index contributed by atoms with van der Waals surface area (Å²) in [7, 11) is -3.63. The Balaban J connectivity index is 2.24. The molecule has 0 bridgehead atoms. The number of rotatable bonds is 4. The van der Waals surface area contributed by atoms with E-state index in [9.17, 15) is 8.42 Å². The average molecular weight is 331 g/mol. The summed E-state index contributed by atoms with van der Waals surface area (Å²) in [6.07, 6.45) is 2.91. The molecule has 0 fully saturated rings. The van der Waals surface area contributed by atoms with Crippen LogP contribution >= 0.6 is 15.9 Å². The van der Waals surface area contributed by atoms with Crippen molar-refractivity contribution in [2.24, 2.45) is 5.73 Å². The molecule has 0 saturated carbocycles. The SMILES string of the molecule is NCc1cc(S(=O)(=O)Nc2ccc(Br)cn2)c[nH]1. The first-order chi connectivity index (χ1) is 8.51. The Morgan fingerprint density at radius 1 is 1.44 bits per heavy atom. The fourth-order valence-electron chi connectivity index (χ4n) is 1.32. The molecule has 0 aliphatic heterocycles. The number of sulfonamides is 1. The molecule has 0 aliphatic carbocycles. The summed E-state index contributed by atoms with van der Waals surface area (Å²) in [5.74, 6) is 0.258. The monoisotopic (exact) mass is 330 g/mol. The largest absolute Gasteiger partial charge is 0.363 e. The van der Waals surface area contributed by atoms with Crippen LogP contribution in [0.25, 0.3) is 0 Å². The zero-order valence-corrected chi connectivity index (χ0v) is 11.6. The molecule has 0 unspecified atom stereocenters. The number of aromatic amines is 1.